The van der Waals surface area contributed by atoms with Crippen molar-refractivity contribution in [3.8, 4) is 0 Å². The molecule has 0 bridgehead atoms. The van der Waals surface area contributed by atoms with E-state index < -0.39 is 5.97 Å². The molecule has 2 N–H and O–H groups in total. The maximum Gasteiger partial charge on any atom is 0.303 e. The van der Waals surface area contributed by atoms with E-state index in [0.29, 0.717) is 24.6 Å². The third-order valence-corrected chi connectivity index (χ3v) is 3.42. The van der Waals surface area contributed by atoms with Gasteiger partial charge in [-0.1, -0.05) is 13.8 Å². The van der Waals surface area contributed by atoms with Gasteiger partial charge in [-0.25, -0.2) is 4.98 Å². The first-order valence-corrected chi connectivity index (χ1v) is 6.82. The fourth-order valence-corrected chi connectivity index (χ4v) is 2.09. The summed E-state index contributed by atoms with van der Waals surface area (Å²) in [5.74, 6) is -0.158. The molecule has 6 nitrogen and oxygen atoms in total. The molecule has 0 saturated carbocycles. The Kier molecular flexibility index (Phi) is 6.21. The minimum Gasteiger partial charge on any atom is -0.481 e. The molecule has 1 aromatic rings. The van der Waals surface area contributed by atoms with Crippen molar-refractivity contribution in [2.45, 2.75) is 40.0 Å². The lowest BCUT2D eigenvalue weighted by molar-refractivity contribution is -0.137. The van der Waals surface area contributed by atoms with E-state index in [4.69, 9.17) is 9.52 Å². The van der Waals surface area contributed by atoms with Gasteiger partial charge in [0.15, 0.2) is 6.39 Å². The van der Waals surface area contributed by atoms with E-state index in [1.54, 1.807) is 6.92 Å². The molecule has 0 aliphatic carbocycles. The zero-order valence-corrected chi connectivity index (χ0v) is 12.2. The molecular formula is C14H22N2O4. The highest BCUT2D eigenvalue weighted by atomic mass is 16.4. The number of carboxylic acid groups (broad SMARTS) is 1. The minimum absolute atomic E-state index is 0.165. The second-order valence-corrected chi connectivity index (χ2v) is 5.25. The fourth-order valence-electron chi connectivity index (χ4n) is 2.09. The molecule has 1 atom stereocenters. The van der Waals surface area contributed by atoms with Crippen molar-refractivity contribution in [1.82, 2.24) is 10.3 Å². The molecule has 1 unspecified atom stereocenters. The van der Waals surface area contributed by atoms with E-state index in [9.17, 15) is 9.59 Å². The van der Waals surface area contributed by atoms with Gasteiger partial charge in [0.25, 0.3) is 5.91 Å². The van der Waals surface area contributed by atoms with Crippen LogP contribution in [0.5, 0.6) is 0 Å². The summed E-state index contributed by atoms with van der Waals surface area (Å²) in [6.45, 7) is 6.34. The third-order valence-electron chi connectivity index (χ3n) is 3.42. The molecule has 1 aromatic heterocycles. The summed E-state index contributed by atoms with van der Waals surface area (Å²) >= 11 is 0. The van der Waals surface area contributed by atoms with Crippen molar-refractivity contribution in [2.24, 2.45) is 11.8 Å². The average molecular weight is 282 g/mol. The molecule has 0 radical (unpaired) electrons. The van der Waals surface area contributed by atoms with Crippen molar-refractivity contribution in [1.29, 1.82) is 0 Å². The van der Waals surface area contributed by atoms with E-state index in [0.717, 1.165) is 6.42 Å². The number of hydrogen-bond donors (Lipinski definition) is 2. The van der Waals surface area contributed by atoms with E-state index in [-0.39, 0.29) is 24.0 Å². The first-order valence-electron chi connectivity index (χ1n) is 6.82. The Morgan fingerprint density at radius 1 is 1.40 bits per heavy atom. The van der Waals surface area contributed by atoms with Gasteiger partial charge in [-0.05, 0) is 31.6 Å². The lowest BCUT2D eigenvalue weighted by Gasteiger charge is -2.20. The number of amides is 1. The Hall–Kier alpha value is -1.85. The standard InChI is InChI=1S/C14H22N2O4/c1-9(2)11(4-5-12(17)18)6-7-15-14(19)13-10(3)16-8-20-13/h8-9,11H,4-7H2,1-3H3,(H,15,19)(H,17,18). The highest BCUT2D eigenvalue weighted by Gasteiger charge is 2.17. The van der Waals surface area contributed by atoms with Gasteiger partial charge in [0.1, 0.15) is 0 Å². The number of aromatic nitrogens is 1. The Morgan fingerprint density at radius 2 is 2.10 bits per heavy atom. The molecule has 1 amide bonds. The number of aliphatic carboxylic acids is 1. The summed E-state index contributed by atoms with van der Waals surface area (Å²) in [5.41, 5.74) is 0.564. The number of oxazole rings is 1. The van der Waals surface area contributed by atoms with Crippen LogP contribution in [0.2, 0.25) is 0 Å². The zero-order chi connectivity index (χ0) is 15.1. The maximum atomic E-state index is 11.8. The molecular weight excluding hydrogens is 260 g/mol. The summed E-state index contributed by atoms with van der Waals surface area (Å²) in [5, 5.41) is 11.5. The molecule has 0 aliphatic heterocycles. The van der Waals surface area contributed by atoms with Crippen LogP contribution in [0.4, 0.5) is 0 Å². The molecule has 0 aromatic carbocycles. The number of nitrogens with one attached hydrogen (secondary N) is 1. The number of carboxylic acids is 1. The van der Waals surface area contributed by atoms with E-state index in [1.165, 1.54) is 6.39 Å². The highest BCUT2D eigenvalue weighted by molar-refractivity contribution is 5.92. The monoisotopic (exact) mass is 282 g/mol. The molecule has 20 heavy (non-hydrogen) atoms. The van der Waals surface area contributed by atoms with Gasteiger partial charge in [0, 0.05) is 13.0 Å². The Bertz CT molecular complexity index is 454. The van der Waals surface area contributed by atoms with Crippen LogP contribution in [0.25, 0.3) is 0 Å². The molecule has 6 heteroatoms. The second-order valence-electron chi connectivity index (χ2n) is 5.25. The first-order chi connectivity index (χ1) is 9.41. The van der Waals surface area contributed by atoms with Gasteiger partial charge in [-0.15, -0.1) is 0 Å². The lowest BCUT2D eigenvalue weighted by atomic mass is 9.88. The molecule has 112 valence electrons. The van der Waals surface area contributed by atoms with Crippen LogP contribution < -0.4 is 5.32 Å². The molecule has 0 saturated heterocycles. The van der Waals surface area contributed by atoms with E-state index >= 15 is 0 Å². The van der Waals surface area contributed by atoms with Crippen molar-refractivity contribution in [2.75, 3.05) is 6.54 Å². The van der Waals surface area contributed by atoms with Crippen LogP contribution in [0.3, 0.4) is 0 Å². The fraction of sp³-hybridized carbons (Fsp3) is 0.643. The molecule has 0 aliphatic rings. The largest absolute Gasteiger partial charge is 0.481 e. The number of hydrogen-bond acceptors (Lipinski definition) is 4. The predicted octanol–water partition coefficient (Wildman–Crippen LogP) is 2.24. The van der Waals surface area contributed by atoms with Gasteiger partial charge in [-0.2, -0.15) is 0 Å². The van der Waals surface area contributed by atoms with Crippen LogP contribution in [-0.2, 0) is 4.79 Å². The SMILES string of the molecule is Cc1ncoc1C(=O)NCCC(CCC(=O)O)C(C)C. The predicted molar refractivity (Wildman–Crippen MR) is 73.4 cm³/mol. The van der Waals surface area contributed by atoms with Crippen LogP contribution >= 0.6 is 0 Å². The number of aryl methyl sites for hydroxylation is 1. The van der Waals surface area contributed by atoms with Crippen molar-refractivity contribution >= 4 is 11.9 Å². The number of carbonyl (C=O) groups is 2. The maximum absolute atomic E-state index is 11.8. The second kappa shape index (κ2) is 7.67. The van der Waals surface area contributed by atoms with Gasteiger partial charge in [0.05, 0.1) is 5.69 Å². The van der Waals surface area contributed by atoms with Crippen LogP contribution in [0.1, 0.15) is 49.4 Å². The first kappa shape index (κ1) is 16.2. The quantitative estimate of drug-likeness (QED) is 0.762. The molecule has 0 fully saturated rings. The van der Waals surface area contributed by atoms with Crippen molar-refractivity contribution < 1.29 is 19.1 Å². The molecule has 0 spiro atoms. The molecule has 1 rings (SSSR count). The Balaban J connectivity index is 2.38. The van der Waals surface area contributed by atoms with Crippen LogP contribution in [0.15, 0.2) is 10.8 Å². The lowest BCUT2D eigenvalue weighted by Crippen LogP contribution is -2.27. The summed E-state index contributed by atoms with van der Waals surface area (Å²) in [6.07, 6.45) is 2.79. The van der Waals surface area contributed by atoms with Gasteiger partial charge in [0.2, 0.25) is 5.76 Å². The van der Waals surface area contributed by atoms with Crippen LogP contribution in [-0.4, -0.2) is 28.5 Å². The van der Waals surface area contributed by atoms with Gasteiger partial charge < -0.3 is 14.8 Å². The number of rotatable bonds is 8. The van der Waals surface area contributed by atoms with Crippen LogP contribution in [0, 0.1) is 18.8 Å². The summed E-state index contributed by atoms with van der Waals surface area (Å²) in [6, 6.07) is 0. The summed E-state index contributed by atoms with van der Waals surface area (Å²) in [4.78, 5) is 26.3. The van der Waals surface area contributed by atoms with Gasteiger partial charge >= 0.3 is 5.97 Å². The molecule has 1 heterocycles. The average Bonchev–Trinajstić information content (AvgIpc) is 2.78. The summed E-state index contributed by atoms with van der Waals surface area (Å²) < 4.78 is 5.01. The van der Waals surface area contributed by atoms with E-state index in [2.05, 4.69) is 24.1 Å². The third kappa shape index (κ3) is 5.03. The van der Waals surface area contributed by atoms with Crippen molar-refractivity contribution in [3.63, 3.8) is 0 Å². The minimum atomic E-state index is -0.781. The van der Waals surface area contributed by atoms with Gasteiger partial charge in [-0.3, -0.25) is 9.59 Å². The number of nitrogens with zero attached hydrogens (tertiary/aromatic N) is 1. The normalized spacial score (nSPS) is 12.4. The Labute approximate surface area is 118 Å². The topological polar surface area (TPSA) is 92.4 Å². The zero-order valence-electron chi connectivity index (χ0n) is 12.2. The summed E-state index contributed by atoms with van der Waals surface area (Å²) in [7, 11) is 0. The van der Waals surface area contributed by atoms with E-state index in [1.807, 2.05) is 0 Å². The number of carbonyl (C=O) groups excluding carboxylic acids is 1. The smallest absolute Gasteiger partial charge is 0.303 e. The van der Waals surface area contributed by atoms with Crippen molar-refractivity contribution in [3.05, 3.63) is 17.8 Å². The Morgan fingerprint density at radius 3 is 2.60 bits per heavy atom. The highest BCUT2D eigenvalue weighted by Crippen LogP contribution is 2.20.